The average molecular weight is 556 g/mol. The molecule has 4 fully saturated rings. The molecule has 1 amide bonds. The van der Waals surface area contributed by atoms with E-state index in [1.807, 2.05) is 13.0 Å². The van der Waals surface area contributed by atoms with Gasteiger partial charge in [0, 0.05) is 11.3 Å². The summed E-state index contributed by atoms with van der Waals surface area (Å²) in [5.41, 5.74) is 0.158. The summed E-state index contributed by atoms with van der Waals surface area (Å²) in [6.45, 7) is 18.0. The van der Waals surface area contributed by atoms with E-state index in [4.69, 9.17) is 4.74 Å². The standard InChI is InChI=1S/C34H53NO5/c1-9-40-26(38)20-35-28(39)31(5)15-14-30(4)16-17-33(7)21(22(30)19-31)18-23(36)27-32(6)12-11-25(37)29(2,3)24(32)10-13-34(27,33)8/h18,22,24-25,27,37H,9-17,19-20H2,1-8H3,(H,35,39)/t22-,24-,25-,27+,30+,31-,32-,33+,34+/m0/s1. The van der Waals surface area contributed by atoms with Crippen LogP contribution in [-0.4, -0.2) is 42.0 Å². The lowest BCUT2D eigenvalue weighted by Gasteiger charge is -2.70. The summed E-state index contributed by atoms with van der Waals surface area (Å²) in [5, 5.41) is 13.8. The molecular formula is C34H53NO5. The van der Waals surface area contributed by atoms with Gasteiger partial charge in [-0.25, -0.2) is 0 Å². The van der Waals surface area contributed by atoms with Gasteiger partial charge in [0.05, 0.1) is 12.7 Å². The van der Waals surface area contributed by atoms with Crippen molar-refractivity contribution in [2.75, 3.05) is 13.2 Å². The minimum absolute atomic E-state index is 0.0496. The van der Waals surface area contributed by atoms with E-state index >= 15 is 0 Å². The molecule has 0 spiro atoms. The van der Waals surface area contributed by atoms with Gasteiger partial charge in [0.2, 0.25) is 5.91 Å². The summed E-state index contributed by atoms with van der Waals surface area (Å²) in [6.07, 6.45) is 10.0. The molecule has 0 aromatic carbocycles. The Morgan fingerprint density at radius 1 is 0.975 bits per heavy atom. The molecule has 0 aromatic heterocycles. The zero-order valence-corrected chi connectivity index (χ0v) is 26.2. The van der Waals surface area contributed by atoms with Gasteiger partial charge in [-0.1, -0.05) is 54.0 Å². The molecule has 0 heterocycles. The van der Waals surface area contributed by atoms with Crippen molar-refractivity contribution >= 4 is 17.7 Å². The van der Waals surface area contributed by atoms with E-state index < -0.39 is 11.4 Å². The van der Waals surface area contributed by atoms with Crippen LogP contribution in [0.2, 0.25) is 0 Å². The van der Waals surface area contributed by atoms with Gasteiger partial charge in [-0.15, -0.1) is 0 Å². The summed E-state index contributed by atoms with van der Waals surface area (Å²) in [6, 6.07) is 0. The van der Waals surface area contributed by atoms with E-state index in [1.54, 1.807) is 6.92 Å². The number of carbonyl (C=O) groups is 3. The molecule has 0 radical (unpaired) electrons. The highest BCUT2D eigenvalue weighted by atomic mass is 16.5. The first-order chi connectivity index (χ1) is 18.5. The second kappa shape index (κ2) is 9.41. The first kappa shape index (κ1) is 29.8. The second-order valence-electron chi connectivity index (χ2n) is 16.1. The number of hydrogen-bond acceptors (Lipinski definition) is 5. The lowest BCUT2D eigenvalue weighted by Crippen LogP contribution is -2.66. The molecule has 0 aliphatic heterocycles. The van der Waals surface area contributed by atoms with Crippen molar-refractivity contribution in [1.82, 2.24) is 5.32 Å². The number of aliphatic hydroxyl groups excluding tert-OH is 1. The molecule has 5 aliphatic rings. The third kappa shape index (κ3) is 4.01. The highest BCUT2D eigenvalue weighted by Crippen LogP contribution is 2.75. The van der Waals surface area contributed by atoms with Gasteiger partial charge in [0.1, 0.15) is 6.54 Å². The highest BCUT2D eigenvalue weighted by molar-refractivity contribution is 5.96. The molecule has 0 aromatic rings. The zero-order chi connectivity index (χ0) is 29.5. The molecule has 9 atom stereocenters. The molecule has 0 unspecified atom stereocenters. The Labute approximate surface area is 241 Å². The van der Waals surface area contributed by atoms with Crippen LogP contribution in [0.15, 0.2) is 11.6 Å². The smallest absolute Gasteiger partial charge is 0.325 e. The van der Waals surface area contributed by atoms with Gasteiger partial charge in [-0.05, 0) is 110 Å². The van der Waals surface area contributed by atoms with E-state index in [-0.39, 0.29) is 63.2 Å². The Hall–Kier alpha value is -1.69. The summed E-state index contributed by atoms with van der Waals surface area (Å²) in [7, 11) is 0. The normalized spacial score (nSPS) is 47.5. The van der Waals surface area contributed by atoms with Gasteiger partial charge < -0.3 is 15.2 Å². The zero-order valence-electron chi connectivity index (χ0n) is 26.2. The van der Waals surface area contributed by atoms with Crippen molar-refractivity contribution in [2.24, 2.45) is 50.2 Å². The van der Waals surface area contributed by atoms with Crippen LogP contribution >= 0.6 is 0 Å². The minimum Gasteiger partial charge on any atom is -0.465 e. The van der Waals surface area contributed by atoms with Crippen LogP contribution in [0.4, 0.5) is 0 Å². The summed E-state index contributed by atoms with van der Waals surface area (Å²) >= 11 is 0. The quantitative estimate of drug-likeness (QED) is 0.415. The Bertz CT molecular complexity index is 1130. The molecule has 6 nitrogen and oxygen atoms in total. The third-order valence-electron chi connectivity index (χ3n) is 13.8. The number of aliphatic hydroxyl groups is 1. The number of esters is 1. The monoisotopic (exact) mass is 555 g/mol. The molecular weight excluding hydrogens is 502 g/mol. The second-order valence-corrected chi connectivity index (χ2v) is 16.1. The Morgan fingerprint density at radius 3 is 2.33 bits per heavy atom. The maximum absolute atomic E-state index is 14.4. The fourth-order valence-electron chi connectivity index (χ4n) is 11.0. The van der Waals surface area contributed by atoms with Gasteiger partial charge in [-0.2, -0.15) is 0 Å². The average Bonchev–Trinajstić information content (AvgIpc) is 2.87. The lowest BCUT2D eigenvalue weighted by atomic mass is 9.33. The minimum atomic E-state index is -0.594. The number of rotatable bonds is 4. The van der Waals surface area contributed by atoms with Crippen molar-refractivity contribution in [3.8, 4) is 0 Å². The van der Waals surface area contributed by atoms with E-state index in [2.05, 4.69) is 46.9 Å². The van der Waals surface area contributed by atoms with Gasteiger partial charge >= 0.3 is 5.97 Å². The predicted octanol–water partition coefficient (Wildman–Crippen LogP) is 6.01. The van der Waals surface area contributed by atoms with Crippen molar-refractivity contribution < 1.29 is 24.2 Å². The number of nitrogens with one attached hydrogen (secondary N) is 1. The molecule has 5 aliphatic carbocycles. The molecule has 224 valence electrons. The van der Waals surface area contributed by atoms with Crippen LogP contribution in [0, 0.1) is 50.2 Å². The van der Waals surface area contributed by atoms with E-state index in [0.29, 0.717) is 18.9 Å². The topological polar surface area (TPSA) is 92.7 Å². The molecule has 0 saturated heterocycles. The highest BCUT2D eigenvalue weighted by Gasteiger charge is 2.70. The number of hydrogen-bond donors (Lipinski definition) is 2. The van der Waals surface area contributed by atoms with Crippen LogP contribution in [0.1, 0.15) is 113 Å². The van der Waals surface area contributed by atoms with Crippen molar-refractivity contribution in [3.05, 3.63) is 11.6 Å². The number of ketones is 1. The fraction of sp³-hybridized carbons (Fsp3) is 0.853. The maximum Gasteiger partial charge on any atom is 0.325 e. The number of carbonyl (C=O) groups excluding carboxylic acids is 3. The lowest BCUT2D eigenvalue weighted by molar-refractivity contribution is -0.202. The number of ether oxygens (including phenoxy) is 1. The molecule has 5 rings (SSSR count). The third-order valence-corrected chi connectivity index (χ3v) is 13.8. The number of amides is 1. The maximum atomic E-state index is 14.4. The largest absolute Gasteiger partial charge is 0.465 e. The van der Waals surface area contributed by atoms with E-state index in [9.17, 15) is 19.5 Å². The van der Waals surface area contributed by atoms with Crippen LogP contribution in [-0.2, 0) is 19.1 Å². The van der Waals surface area contributed by atoms with Gasteiger partial charge in [0.15, 0.2) is 5.78 Å². The van der Waals surface area contributed by atoms with Crippen molar-refractivity contribution in [2.45, 2.75) is 119 Å². The van der Waals surface area contributed by atoms with Crippen LogP contribution in [0.3, 0.4) is 0 Å². The first-order valence-corrected chi connectivity index (χ1v) is 15.9. The van der Waals surface area contributed by atoms with Gasteiger partial charge in [-0.3, -0.25) is 14.4 Å². The predicted molar refractivity (Wildman–Crippen MR) is 155 cm³/mol. The number of fused-ring (bicyclic) bond motifs is 7. The van der Waals surface area contributed by atoms with Crippen LogP contribution in [0.25, 0.3) is 0 Å². The molecule has 4 saturated carbocycles. The van der Waals surface area contributed by atoms with Crippen molar-refractivity contribution in [1.29, 1.82) is 0 Å². The van der Waals surface area contributed by atoms with Crippen LogP contribution < -0.4 is 5.32 Å². The molecule has 6 heteroatoms. The van der Waals surface area contributed by atoms with Crippen molar-refractivity contribution in [3.63, 3.8) is 0 Å². The fourth-order valence-corrected chi connectivity index (χ4v) is 11.0. The summed E-state index contributed by atoms with van der Waals surface area (Å²) in [4.78, 5) is 39.8. The molecule has 0 bridgehead atoms. The Morgan fingerprint density at radius 2 is 1.65 bits per heavy atom. The first-order valence-electron chi connectivity index (χ1n) is 15.9. The van der Waals surface area contributed by atoms with E-state index in [0.717, 1.165) is 51.4 Å². The molecule has 40 heavy (non-hydrogen) atoms. The Balaban J connectivity index is 1.50. The summed E-state index contributed by atoms with van der Waals surface area (Å²) in [5.74, 6) is 0.212. The van der Waals surface area contributed by atoms with Crippen LogP contribution in [0.5, 0.6) is 0 Å². The van der Waals surface area contributed by atoms with E-state index in [1.165, 1.54) is 5.57 Å². The van der Waals surface area contributed by atoms with Gasteiger partial charge in [0.25, 0.3) is 0 Å². The molecule has 2 N–H and O–H groups in total. The SMILES string of the molecule is CCOC(=O)CNC(=O)[C@@]1(C)CC[C@]2(C)CC[C@]3(C)C(=CC(=O)[C@@H]4[C@@]5(C)CC[C@H](O)C(C)(C)[C@@H]5CC[C@]43C)[C@@H]2C1. The summed E-state index contributed by atoms with van der Waals surface area (Å²) < 4.78 is 5.02. The Kier molecular flexibility index (Phi) is 7.01. The number of allylic oxidation sites excluding steroid dienone is 2.